The van der Waals surface area contributed by atoms with Gasteiger partial charge in [-0.25, -0.2) is 0 Å². The fourth-order valence-corrected chi connectivity index (χ4v) is 6.94. The minimum absolute atomic E-state index is 0. The van der Waals surface area contributed by atoms with E-state index < -0.39 is 7.92 Å². The van der Waals surface area contributed by atoms with Crippen molar-refractivity contribution in [3.8, 4) is 0 Å². The first-order valence-corrected chi connectivity index (χ1v) is 19.4. The molecule has 5 heterocycles. The predicted octanol–water partition coefficient (Wildman–Crippen LogP) is 7.81. The summed E-state index contributed by atoms with van der Waals surface area (Å²) in [5, 5.41) is 6.81. The number of ether oxygens (including phenoxy) is 1. The minimum atomic E-state index is -0.446. The zero-order valence-corrected chi connectivity index (χ0v) is 37.9. The topological polar surface area (TPSA) is 60.8 Å². The van der Waals surface area contributed by atoms with Gasteiger partial charge in [0, 0.05) is 38.0 Å². The summed E-state index contributed by atoms with van der Waals surface area (Å²) in [4.78, 5) is 15.2. The molecule has 0 bridgehead atoms. The third-order valence-corrected chi connectivity index (χ3v) is 9.83. The van der Waals surface area contributed by atoms with Gasteiger partial charge in [0.1, 0.15) is 0 Å². The Balaban J connectivity index is 0.000000350. The second-order valence-corrected chi connectivity index (χ2v) is 14.2. The zero-order chi connectivity index (χ0) is 36.9. The summed E-state index contributed by atoms with van der Waals surface area (Å²) in [6, 6.07) is 54.3. The standard InChI is InChI=1S/C18H15P.4C5H5NS.C4H8O.Pd.Sn/c1-4-10-16(11-5-1)19(17-12-6-2-7-13-17)18-14-8-3-9-15-18;4*7-5-3-1-2-4-6-5;1-2-4-5-3-1;;/h1-15H;4*1-4H,(H,6,7);1-4H2;;/q;;;;;;2*+2/p-4. The smallest absolute Gasteiger partial charge is 0.760 e. The Hall–Kier alpha value is -3.01. The maximum absolute atomic E-state index is 4.94. The largest absolute Gasteiger partial charge is 2.00 e. The Bertz CT molecular complexity index is 1600. The molecule has 0 spiro atoms. The van der Waals surface area contributed by atoms with Crippen LogP contribution in [0.15, 0.2) is 209 Å². The van der Waals surface area contributed by atoms with Crippen LogP contribution < -0.4 is 15.9 Å². The van der Waals surface area contributed by atoms with Crippen molar-refractivity contribution in [2.24, 2.45) is 0 Å². The molecular weight excluding hydrogens is 961 g/mol. The number of aromatic nitrogens is 4. The predicted molar refractivity (Wildman–Crippen MR) is 230 cm³/mol. The SMILES string of the molecule is C1CCOC1.[Pd+2].[S-]c1ccccn1.[S-]c1ccccn1.[S-]c1ccccn1.[S-]c1ccccn1.[Sn+2].c1ccc(P(c2ccccc2)c2ccccc2)cc1. The van der Waals surface area contributed by atoms with Crippen LogP contribution in [0.2, 0.25) is 0 Å². The Kier molecular flexibility index (Phi) is 29.3. The van der Waals surface area contributed by atoms with Gasteiger partial charge in [0.15, 0.2) is 0 Å². The van der Waals surface area contributed by atoms with Crippen molar-refractivity contribution in [3.05, 3.63) is 189 Å². The summed E-state index contributed by atoms with van der Waals surface area (Å²) in [6.07, 6.45) is 9.29. The van der Waals surface area contributed by atoms with E-state index in [0.29, 0.717) is 20.1 Å². The van der Waals surface area contributed by atoms with E-state index in [4.69, 9.17) is 55.3 Å². The molecule has 1 aliphatic rings. The molecule has 7 aromatic rings. The fraction of sp³-hybridized carbons (Fsp3) is 0.0952. The van der Waals surface area contributed by atoms with Gasteiger partial charge in [-0.1, -0.05) is 160 Å². The summed E-state index contributed by atoms with van der Waals surface area (Å²) in [6.45, 7) is 2.00. The molecule has 5 nitrogen and oxygen atoms in total. The first-order valence-electron chi connectivity index (χ1n) is 16.4. The van der Waals surface area contributed by atoms with Crippen LogP contribution in [0.3, 0.4) is 0 Å². The number of nitrogens with zero attached hydrogens (tertiary/aromatic N) is 4. The molecule has 0 atom stereocenters. The molecule has 8 rings (SSSR count). The Morgan fingerprint density at radius 2 is 0.611 bits per heavy atom. The van der Waals surface area contributed by atoms with E-state index in [9.17, 15) is 0 Å². The van der Waals surface area contributed by atoms with Crippen LogP contribution in [0.4, 0.5) is 0 Å². The summed E-state index contributed by atoms with van der Waals surface area (Å²) in [7, 11) is -0.446. The van der Waals surface area contributed by atoms with Gasteiger partial charge in [-0.3, -0.25) is 19.9 Å². The average Bonchev–Trinajstić information content (AvgIpc) is 3.80. The van der Waals surface area contributed by atoms with E-state index >= 15 is 0 Å². The van der Waals surface area contributed by atoms with Crippen LogP contribution in [0.1, 0.15) is 12.8 Å². The van der Waals surface area contributed by atoms with E-state index in [2.05, 4.69) is 111 Å². The van der Waals surface area contributed by atoms with Crippen molar-refractivity contribution in [3.63, 3.8) is 0 Å². The Morgan fingerprint density at radius 1 is 0.370 bits per heavy atom. The van der Waals surface area contributed by atoms with E-state index in [1.807, 2.05) is 48.5 Å². The van der Waals surface area contributed by atoms with Crippen LogP contribution in [0.25, 0.3) is 0 Å². The van der Waals surface area contributed by atoms with Crippen molar-refractivity contribution >= 4 is 98.3 Å². The molecule has 0 unspecified atom stereocenters. The summed E-state index contributed by atoms with van der Waals surface area (Å²) < 4.78 is 4.94. The molecule has 276 valence electrons. The molecule has 0 saturated carbocycles. The molecule has 1 fully saturated rings. The molecule has 0 amide bonds. The van der Waals surface area contributed by atoms with E-state index in [1.165, 1.54) is 28.8 Å². The van der Waals surface area contributed by atoms with Gasteiger partial charge in [0.05, 0.1) is 0 Å². The van der Waals surface area contributed by atoms with Gasteiger partial charge in [0.2, 0.25) is 0 Å². The maximum atomic E-state index is 4.94. The quantitative estimate of drug-likeness (QED) is 0.100. The van der Waals surface area contributed by atoms with Crippen LogP contribution in [0.5, 0.6) is 0 Å². The monoisotopic (exact) mass is 1000 g/mol. The van der Waals surface area contributed by atoms with Gasteiger partial charge in [-0.15, -0.1) is 0 Å². The number of rotatable bonds is 3. The van der Waals surface area contributed by atoms with Crippen molar-refractivity contribution in [2.45, 2.75) is 32.9 Å². The number of pyridine rings is 4. The van der Waals surface area contributed by atoms with Crippen LogP contribution in [0, 0.1) is 0 Å². The molecular formula is C42H39N4OPPdS4Sn. The second-order valence-electron chi connectivity index (χ2n) is 10.3. The van der Waals surface area contributed by atoms with Gasteiger partial charge in [-0.05, 0) is 60.9 Å². The van der Waals surface area contributed by atoms with Crippen molar-refractivity contribution in [1.29, 1.82) is 0 Å². The number of hydrogen-bond donors (Lipinski definition) is 0. The summed E-state index contributed by atoms with van der Waals surface area (Å²) in [5.41, 5.74) is 0. The zero-order valence-electron chi connectivity index (χ0n) is 29.3. The minimum Gasteiger partial charge on any atom is -0.760 e. The fourth-order valence-electron chi connectivity index (χ4n) is 4.08. The molecule has 1 aliphatic heterocycles. The van der Waals surface area contributed by atoms with Crippen molar-refractivity contribution < 1.29 is 25.2 Å². The molecule has 2 radical (unpaired) electrons. The van der Waals surface area contributed by atoms with Gasteiger partial charge in [0.25, 0.3) is 0 Å². The maximum Gasteiger partial charge on any atom is 2.00 e. The Labute approximate surface area is 374 Å². The molecule has 0 aliphatic carbocycles. The molecule has 12 heteroatoms. The van der Waals surface area contributed by atoms with Crippen LogP contribution in [-0.4, -0.2) is 57.1 Å². The first-order chi connectivity index (χ1) is 25.5. The molecule has 3 aromatic carbocycles. The third kappa shape index (κ3) is 23.0. The van der Waals surface area contributed by atoms with Crippen molar-refractivity contribution in [1.82, 2.24) is 19.9 Å². The number of hydrogen-bond acceptors (Lipinski definition) is 9. The van der Waals surface area contributed by atoms with Crippen molar-refractivity contribution in [2.75, 3.05) is 13.2 Å². The van der Waals surface area contributed by atoms with E-state index in [0.717, 1.165) is 13.2 Å². The van der Waals surface area contributed by atoms with Crippen LogP contribution in [-0.2, 0) is 75.7 Å². The second kappa shape index (κ2) is 32.3. The molecule has 4 aromatic heterocycles. The van der Waals surface area contributed by atoms with E-state index in [1.54, 1.807) is 49.1 Å². The molecule has 0 N–H and O–H groups in total. The van der Waals surface area contributed by atoms with Gasteiger partial charge >= 0.3 is 44.3 Å². The molecule has 54 heavy (non-hydrogen) atoms. The first kappa shape index (κ1) is 49.0. The Morgan fingerprint density at radius 3 is 0.759 bits per heavy atom. The third-order valence-electron chi connectivity index (χ3n) is 6.42. The number of benzene rings is 3. The molecule has 1 saturated heterocycles. The average molecular weight is 1000 g/mol. The van der Waals surface area contributed by atoms with Gasteiger partial charge < -0.3 is 55.3 Å². The summed E-state index contributed by atoms with van der Waals surface area (Å²) in [5.74, 6) is 0. The summed E-state index contributed by atoms with van der Waals surface area (Å²) >= 11 is 18.8. The van der Waals surface area contributed by atoms with Crippen LogP contribution >= 0.6 is 7.92 Å². The van der Waals surface area contributed by atoms with E-state index in [-0.39, 0.29) is 44.3 Å². The normalized spacial score (nSPS) is 10.4. The van der Waals surface area contributed by atoms with Gasteiger partial charge in [-0.2, -0.15) is 0 Å².